The van der Waals surface area contributed by atoms with Gasteiger partial charge in [-0.2, -0.15) is 0 Å². The highest BCUT2D eigenvalue weighted by molar-refractivity contribution is 5.93. The van der Waals surface area contributed by atoms with Crippen LogP contribution in [0.1, 0.15) is 18.6 Å². The van der Waals surface area contributed by atoms with Crippen LogP contribution in [0.5, 0.6) is 11.6 Å². The number of rotatable bonds is 6. The third kappa shape index (κ3) is 5.57. The molecule has 172 valence electrons. The van der Waals surface area contributed by atoms with Crippen LogP contribution in [0.25, 0.3) is 0 Å². The number of anilines is 1. The van der Waals surface area contributed by atoms with Crippen molar-refractivity contribution in [3.63, 3.8) is 0 Å². The van der Waals surface area contributed by atoms with Gasteiger partial charge < -0.3 is 19.8 Å². The van der Waals surface area contributed by atoms with E-state index < -0.39 is 17.7 Å². The summed E-state index contributed by atoms with van der Waals surface area (Å²) in [5.74, 6) is -1.88. The number of halogens is 2. The lowest BCUT2D eigenvalue weighted by Crippen LogP contribution is -2.48. The molecule has 1 aromatic carbocycles. The van der Waals surface area contributed by atoms with Crippen LogP contribution in [-0.2, 0) is 9.53 Å². The maximum atomic E-state index is 13.7. The first-order valence-electron chi connectivity index (χ1n) is 10.2. The number of hydrogen-bond acceptors (Lipinski definition) is 7. The number of ether oxygens (including phenoxy) is 2. The van der Waals surface area contributed by atoms with Crippen molar-refractivity contribution < 1.29 is 23.0 Å². The first-order valence-corrected chi connectivity index (χ1v) is 10.2. The van der Waals surface area contributed by atoms with E-state index in [4.69, 9.17) is 9.47 Å². The lowest BCUT2D eigenvalue weighted by atomic mass is 10.1. The smallest absolute Gasteiger partial charge is 0.247 e. The monoisotopic (exact) mass is 457 g/mol. The quantitative estimate of drug-likeness (QED) is 0.586. The Bertz CT molecular complexity index is 1170. The summed E-state index contributed by atoms with van der Waals surface area (Å²) in [4.78, 5) is 36.7. The molecule has 0 spiro atoms. The van der Waals surface area contributed by atoms with Crippen molar-refractivity contribution in [1.29, 1.82) is 0 Å². The van der Waals surface area contributed by atoms with Gasteiger partial charge >= 0.3 is 0 Å². The number of nitrogens with one attached hydrogen (secondary N) is 2. The molecule has 0 unspecified atom stereocenters. The Kier molecular flexibility index (Phi) is 6.71. The molecular weight excluding hydrogens is 436 g/mol. The molecule has 1 saturated heterocycles. The van der Waals surface area contributed by atoms with Crippen molar-refractivity contribution in [1.82, 2.24) is 19.9 Å². The lowest BCUT2D eigenvalue weighted by molar-refractivity contribution is -0.124. The molecule has 11 heteroatoms. The zero-order chi connectivity index (χ0) is 23.4. The molecule has 33 heavy (non-hydrogen) atoms. The van der Waals surface area contributed by atoms with Gasteiger partial charge in [-0.25, -0.2) is 18.7 Å². The molecule has 9 nitrogen and oxygen atoms in total. The number of H-pyrrole nitrogens is 1. The summed E-state index contributed by atoms with van der Waals surface area (Å²) in [5.41, 5.74) is 0.630. The second kappa shape index (κ2) is 9.84. The minimum absolute atomic E-state index is 0.0107. The van der Waals surface area contributed by atoms with E-state index in [1.54, 1.807) is 19.2 Å². The number of carbonyl (C=O) groups is 1. The van der Waals surface area contributed by atoms with Gasteiger partial charge in [0.1, 0.15) is 5.82 Å². The summed E-state index contributed by atoms with van der Waals surface area (Å²) >= 11 is 0. The average Bonchev–Trinajstić information content (AvgIpc) is 2.82. The highest BCUT2D eigenvalue weighted by Gasteiger charge is 2.29. The molecule has 2 atom stereocenters. The van der Waals surface area contributed by atoms with Gasteiger partial charge in [-0.15, -0.1) is 0 Å². The van der Waals surface area contributed by atoms with Gasteiger partial charge in [-0.05, 0) is 30.7 Å². The molecule has 0 aliphatic carbocycles. The number of benzene rings is 1. The van der Waals surface area contributed by atoms with Crippen molar-refractivity contribution >= 4 is 11.7 Å². The Hall–Kier alpha value is -3.70. The summed E-state index contributed by atoms with van der Waals surface area (Å²) < 4.78 is 37.7. The standard InChI is InChI=1S/C22H21F2N5O4/c1-13(29-6-7-32-18(12-29)14-2-5-20(30)26-9-14)22(31)28-19-10-27-21(11-25-19)33-17-4-3-15(23)8-16(17)24/h2-5,8-11,13,18H,6-7,12H2,1H3,(H,26,30)(H,25,28,31)/t13-,18+/m0/s1. The van der Waals surface area contributed by atoms with Gasteiger partial charge in [-0.3, -0.25) is 14.5 Å². The fourth-order valence-corrected chi connectivity index (χ4v) is 3.35. The highest BCUT2D eigenvalue weighted by atomic mass is 19.1. The summed E-state index contributed by atoms with van der Waals surface area (Å²) in [7, 11) is 0. The topological polar surface area (TPSA) is 109 Å². The number of carbonyl (C=O) groups excluding carboxylic acids is 1. The second-order valence-electron chi connectivity index (χ2n) is 7.42. The first kappa shape index (κ1) is 22.5. The first-order chi connectivity index (χ1) is 15.9. The predicted molar refractivity (Wildman–Crippen MR) is 114 cm³/mol. The number of morpholine rings is 1. The van der Waals surface area contributed by atoms with Crippen LogP contribution in [0.4, 0.5) is 14.6 Å². The number of hydrogen-bond donors (Lipinski definition) is 2. The van der Waals surface area contributed by atoms with Crippen molar-refractivity contribution in [2.24, 2.45) is 0 Å². The number of nitrogens with zero attached hydrogens (tertiary/aromatic N) is 3. The molecule has 0 saturated carbocycles. The molecule has 2 aromatic heterocycles. The van der Waals surface area contributed by atoms with Crippen molar-refractivity contribution in [3.05, 3.63) is 76.5 Å². The molecule has 1 aliphatic rings. The van der Waals surface area contributed by atoms with Crippen molar-refractivity contribution in [2.75, 3.05) is 25.0 Å². The van der Waals surface area contributed by atoms with Gasteiger partial charge in [-0.1, -0.05) is 0 Å². The van der Waals surface area contributed by atoms with E-state index in [0.29, 0.717) is 25.8 Å². The molecule has 1 fully saturated rings. The minimum Gasteiger partial charge on any atom is -0.434 e. The molecule has 2 N–H and O–H groups in total. The zero-order valence-corrected chi connectivity index (χ0v) is 17.6. The Morgan fingerprint density at radius 2 is 2.12 bits per heavy atom. The lowest BCUT2D eigenvalue weighted by Gasteiger charge is -2.36. The Balaban J connectivity index is 1.35. The third-order valence-corrected chi connectivity index (χ3v) is 5.19. The molecule has 3 aromatic rings. The predicted octanol–water partition coefficient (Wildman–Crippen LogP) is 2.64. The summed E-state index contributed by atoms with van der Waals surface area (Å²) in [5, 5.41) is 2.69. The molecule has 1 aliphatic heterocycles. The third-order valence-electron chi connectivity index (χ3n) is 5.19. The maximum Gasteiger partial charge on any atom is 0.247 e. The Labute approximate surface area is 187 Å². The SMILES string of the molecule is C[C@@H](C(=O)Nc1cnc(Oc2ccc(F)cc2F)cn1)N1CCO[C@@H](c2ccc(=O)[nH]c2)C1. The van der Waals surface area contributed by atoms with Gasteiger partial charge in [0.25, 0.3) is 0 Å². The van der Waals surface area contributed by atoms with Crippen LogP contribution in [0.3, 0.4) is 0 Å². The van der Waals surface area contributed by atoms with E-state index in [0.717, 1.165) is 17.7 Å². The fraction of sp³-hybridized carbons (Fsp3) is 0.273. The fourth-order valence-electron chi connectivity index (χ4n) is 3.35. The largest absolute Gasteiger partial charge is 0.434 e. The van der Waals surface area contributed by atoms with Crippen LogP contribution in [0, 0.1) is 11.6 Å². The van der Waals surface area contributed by atoms with Crippen molar-refractivity contribution in [2.45, 2.75) is 19.1 Å². The maximum absolute atomic E-state index is 13.7. The number of aromatic nitrogens is 3. The molecule has 1 amide bonds. The van der Waals surface area contributed by atoms with Crippen LogP contribution in [0.2, 0.25) is 0 Å². The van der Waals surface area contributed by atoms with E-state index in [-0.39, 0.29) is 35.0 Å². The van der Waals surface area contributed by atoms with E-state index in [1.165, 1.54) is 18.5 Å². The molecule has 4 rings (SSSR count). The van der Waals surface area contributed by atoms with Crippen LogP contribution < -0.4 is 15.6 Å². The summed E-state index contributed by atoms with van der Waals surface area (Å²) in [6, 6.07) is 5.57. The van der Waals surface area contributed by atoms with Crippen LogP contribution in [-0.4, -0.2) is 51.5 Å². The minimum atomic E-state index is -0.867. The molecule has 0 radical (unpaired) electrons. The van der Waals surface area contributed by atoms with E-state index >= 15 is 0 Å². The summed E-state index contributed by atoms with van der Waals surface area (Å²) in [6.45, 7) is 3.25. The van der Waals surface area contributed by atoms with Gasteiger partial charge in [0.05, 0.1) is 31.1 Å². The second-order valence-corrected chi connectivity index (χ2v) is 7.42. The van der Waals surface area contributed by atoms with E-state index in [1.807, 2.05) is 4.90 Å². The molecule has 3 heterocycles. The van der Waals surface area contributed by atoms with Crippen molar-refractivity contribution in [3.8, 4) is 11.6 Å². The number of pyridine rings is 1. The van der Waals surface area contributed by atoms with Gasteiger partial charge in [0.15, 0.2) is 17.4 Å². The molecular formula is C22H21F2N5O4. The van der Waals surface area contributed by atoms with E-state index in [9.17, 15) is 18.4 Å². The average molecular weight is 457 g/mol. The zero-order valence-electron chi connectivity index (χ0n) is 17.6. The number of aromatic amines is 1. The Morgan fingerprint density at radius 3 is 2.82 bits per heavy atom. The highest BCUT2D eigenvalue weighted by Crippen LogP contribution is 2.24. The number of amides is 1. The van der Waals surface area contributed by atoms with Crippen LogP contribution in [0.15, 0.2) is 53.7 Å². The van der Waals surface area contributed by atoms with E-state index in [2.05, 4.69) is 20.3 Å². The van der Waals surface area contributed by atoms with Gasteiger partial charge in [0.2, 0.25) is 17.3 Å². The van der Waals surface area contributed by atoms with Gasteiger partial charge in [0, 0.05) is 31.4 Å². The molecule has 0 bridgehead atoms. The Morgan fingerprint density at radius 1 is 1.27 bits per heavy atom. The summed E-state index contributed by atoms with van der Waals surface area (Å²) in [6.07, 6.45) is 3.85. The van der Waals surface area contributed by atoms with Crippen LogP contribution >= 0.6 is 0 Å². The normalized spacial score (nSPS) is 17.4.